The first-order chi connectivity index (χ1) is 6.77. The lowest BCUT2D eigenvalue weighted by Gasteiger charge is -2.29. The van der Waals surface area contributed by atoms with Gasteiger partial charge in [-0.05, 0) is 24.2 Å². The highest BCUT2D eigenvalue weighted by Gasteiger charge is 2.21. The van der Waals surface area contributed by atoms with Crippen molar-refractivity contribution < 1.29 is 0 Å². The lowest BCUT2D eigenvalue weighted by molar-refractivity contribution is 0.224. The van der Waals surface area contributed by atoms with Gasteiger partial charge < -0.3 is 0 Å². The van der Waals surface area contributed by atoms with Gasteiger partial charge >= 0.3 is 0 Å². The average Bonchev–Trinajstić information content (AvgIpc) is 2.22. The Hall–Kier alpha value is 0. The van der Waals surface area contributed by atoms with E-state index in [9.17, 15) is 0 Å². The number of rotatable bonds is 5. The molecule has 0 saturated heterocycles. The van der Waals surface area contributed by atoms with Crippen LogP contribution in [0, 0.1) is 17.8 Å². The summed E-state index contributed by atoms with van der Waals surface area (Å²) in [5.74, 6) is 3.08. The van der Waals surface area contributed by atoms with Crippen molar-refractivity contribution in [2.45, 2.75) is 72.1 Å². The molecule has 0 N–H and O–H groups in total. The molecule has 1 aliphatic rings. The topological polar surface area (TPSA) is 0 Å². The van der Waals surface area contributed by atoms with Crippen LogP contribution in [0.25, 0.3) is 0 Å². The van der Waals surface area contributed by atoms with Crippen molar-refractivity contribution in [3.05, 3.63) is 0 Å². The zero-order chi connectivity index (χ0) is 10.4. The van der Waals surface area contributed by atoms with Crippen molar-refractivity contribution in [3.63, 3.8) is 0 Å². The smallest absolute Gasteiger partial charge is 0.0388 e. The fraction of sp³-hybridized carbons (Fsp3) is 1.00. The highest BCUT2D eigenvalue weighted by atomic mass is 14.3. The van der Waals surface area contributed by atoms with Crippen LogP contribution in [0.5, 0.6) is 0 Å². The van der Waals surface area contributed by atoms with Gasteiger partial charge in [0.1, 0.15) is 0 Å². The Morgan fingerprint density at radius 3 is 2.29 bits per heavy atom. The minimum Gasteiger partial charge on any atom is -0.0651 e. The van der Waals surface area contributed by atoms with E-state index < -0.39 is 0 Å². The summed E-state index contributed by atoms with van der Waals surface area (Å²) in [4.78, 5) is 0. The largest absolute Gasteiger partial charge is 0.0651 e. The van der Waals surface area contributed by atoms with Gasteiger partial charge in [-0.15, -0.1) is 0 Å². The molecule has 0 nitrogen and oxygen atoms in total. The van der Waals surface area contributed by atoms with E-state index in [4.69, 9.17) is 0 Å². The van der Waals surface area contributed by atoms with Gasteiger partial charge in [-0.1, -0.05) is 65.7 Å². The van der Waals surface area contributed by atoms with Crippen molar-refractivity contribution in [3.8, 4) is 0 Å². The summed E-state index contributed by atoms with van der Waals surface area (Å²) >= 11 is 0. The first-order valence-electron chi connectivity index (χ1n) is 6.77. The molecule has 0 aromatic carbocycles. The van der Waals surface area contributed by atoms with Crippen molar-refractivity contribution in [2.75, 3.05) is 0 Å². The molecule has 0 radical (unpaired) electrons. The summed E-state index contributed by atoms with van der Waals surface area (Å²) in [7, 11) is 0. The average molecular weight is 196 g/mol. The van der Waals surface area contributed by atoms with Gasteiger partial charge in [-0.3, -0.25) is 0 Å². The van der Waals surface area contributed by atoms with Crippen LogP contribution in [-0.2, 0) is 0 Å². The maximum Gasteiger partial charge on any atom is -0.0388 e. The zero-order valence-electron chi connectivity index (χ0n) is 10.4. The Balaban J connectivity index is 2.21. The van der Waals surface area contributed by atoms with Crippen LogP contribution in [0.2, 0.25) is 0 Å². The third-order valence-corrected chi connectivity index (χ3v) is 4.39. The summed E-state index contributed by atoms with van der Waals surface area (Å²) in [6, 6.07) is 0. The summed E-state index contributed by atoms with van der Waals surface area (Å²) < 4.78 is 0. The Labute approximate surface area is 90.5 Å². The Kier molecular flexibility index (Phi) is 5.59. The van der Waals surface area contributed by atoms with Gasteiger partial charge in [0.05, 0.1) is 0 Å². The normalized spacial score (nSPS) is 28.3. The van der Waals surface area contributed by atoms with Gasteiger partial charge in [-0.25, -0.2) is 0 Å². The quantitative estimate of drug-likeness (QED) is 0.578. The van der Waals surface area contributed by atoms with E-state index in [-0.39, 0.29) is 0 Å². The molecule has 0 aromatic rings. The van der Waals surface area contributed by atoms with Gasteiger partial charge in [0.25, 0.3) is 0 Å². The molecule has 0 spiro atoms. The SMILES string of the molecule is CCC(CC)CCC1CCCCC1C. The molecule has 0 bridgehead atoms. The summed E-state index contributed by atoms with van der Waals surface area (Å²) in [5.41, 5.74) is 0. The minimum absolute atomic E-state index is 1.00. The second-order valence-electron chi connectivity index (χ2n) is 5.28. The molecule has 0 amide bonds. The van der Waals surface area contributed by atoms with E-state index in [1.165, 1.54) is 51.4 Å². The molecule has 0 aliphatic heterocycles. The van der Waals surface area contributed by atoms with E-state index in [2.05, 4.69) is 20.8 Å². The van der Waals surface area contributed by atoms with Crippen molar-refractivity contribution in [1.82, 2.24) is 0 Å². The van der Waals surface area contributed by atoms with Gasteiger partial charge in [0.2, 0.25) is 0 Å². The second-order valence-corrected chi connectivity index (χ2v) is 5.28. The Morgan fingerprint density at radius 1 is 1.07 bits per heavy atom. The van der Waals surface area contributed by atoms with Gasteiger partial charge in [0, 0.05) is 0 Å². The van der Waals surface area contributed by atoms with Crippen LogP contribution in [0.4, 0.5) is 0 Å². The summed E-state index contributed by atoms with van der Waals surface area (Å²) in [6.45, 7) is 7.16. The van der Waals surface area contributed by atoms with E-state index in [0.717, 1.165) is 17.8 Å². The maximum atomic E-state index is 2.47. The predicted molar refractivity (Wildman–Crippen MR) is 64.4 cm³/mol. The van der Waals surface area contributed by atoms with E-state index in [0.29, 0.717) is 0 Å². The second kappa shape index (κ2) is 6.48. The fourth-order valence-electron chi connectivity index (χ4n) is 2.97. The molecule has 84 valence electrons. The Bertz CT molecular complexity index is 135. The molecule has 1 fully saturated rings. The third-order valence-electron chi connectivity index (χ3n) is 4.39. The van der Waals surface area contributed by atoms with E-state index >= 15 is 0 Å². The van der Waals surface area contributed by atoms with Crippen LogP contribution in [0.1, 0.15) is 72.1 Å². The zero-order valence-corrected chi connectivity index (χ0v) is 10.4. The molecule has 1 rings (SSSR count). The minimum atomic E-state index is 1.00. The van der Waals surface area contributed by atoms with Crippen molar-refractivity contribution in [2.24, 2.45) is 17.8 Å². The molecule has 2 atom stereocenters. The first-order valence-corrected chi connectivity index (χ1v) is 6.77. The molecule has 0 aromatic heterocycles. The third kappa shape index (κ3) is 3.63. The molecule has 0 heteroatoms. The summed E-state index contributed by atoms with van der Waals surface area (Å²) in [5, 5.41) is 0. The summed E-state index contributed by atoms with van der Waals surface area (Å²) in [6.07, 6.45) is 11.8. The number of hydrogen-bond donors (Lipinski definition) is 0. The molecular formula is C14H28. The van der Waals surface area contributed by atoms with E-state index in [1.54, 1.807) is 0 Å². The van der Waals surface area contributed by atoms with Gasteiger partial charge in [-0.2, -0.15) is 0 Å². The van der Waals surface area contributed by atoms with Crippen molar-refractivity contribution in [1.29, 1.82) is 0 Å². The Morgan fingerprint density at radius 2 is 1.71 bits per heavy atom. The molecular weight excluding hydrogens is 168 g/mol. The first kappa shape index (κ1) is 12.1. The predicted octanol–water partition coefficient (Wildman–Crippen LogP) is 5.03. The van der Waals surface area contributed by atoms with Gasteiger partial charge in [0.15, 0.2) is 0 Å². The lowest BCUT2D eigenvalue weighted by Crippen LogP contribution is -2.17. The fourth-order valence-corrected chi connectivity index (χ4v) is 2.97. The van der Waals surface area contributed by atoms with Crippen LogP contribution in [0.3, 0.4) is 0 Å². The highest BCUT2D eigenvalue weighted by Crippen LogP contribution is 2.34. The monoisotopic (exact) mass is 196 g/mol. The van der Waals surface area contributed by atoms with Crippen molar-refractivity contribution >= 4 is 0 Å². The number of hydrogen-bond acceptors (Lipinski definition) is 0. The molecule has 1 saturated carbocycles. The van der Waals surface area contributed by atoms with Crippen LogP contribution >= 0.6 is 0 Å². The standard InChI is InChI=1S/C14H28/c1-4-13(5-2)10-11-14-9-7-6-8-12(14)3/h12-14H,4-11H2,1-3H3. The highest BCUT2D eigenvalue weighted by molar-refractivity contribution is 4.73. The molecule has 2 unspecified atom stereocenters. The van der Waals surface area contributed by atoms with Crippen LogP contribution in [0.15, 0.2) is 0 Å². The lowest BCUT2D eigenvalue weighted by atomic mass is 9.76. The molecule has 0 heterocycles. The molecule has 1 aliphatic carbocycles. The van der Waals surface area contributed by atoms with Crippen LogP contribution < -0.4 is 0 Å². The maximum absolute atomic E-state index is 2.47. The van der Waals surface area contributed by atoms with E-state index in [1.807, 2.05) is 0 Å². The molecule has 14 heavy (non-hydrogen) atoms. The van der Waals surface area contributed by atoms with Crippen LogP contribution in [-0.4, -0.2) is 0 Å².